The van der Waals surface area contributed by atoms with Gasteiger partial charge in [0.15, 0.2) is 0 Å². The molecule has 0 saturated carbocycles. The van der Waals surface area contributed by atoms with Gasteiger partial charge >= 0.3 is 0 Å². The molecule has 0 bridgehead atoms. The first kappa shape index (κ1) is 19.3. The molecule has 0 saturated heterocycles. The lowest BCUT2D eigenvalue weighted by atomic mass is 10.1. The summed E-state index contributed by atoms with van der Waals surface area (Å²) in [4.78, 5) is 30.0. The maximum atomic E-state index is 12.9. The second kappa shape index (κ2) is 8.57. The molecule has 0 aliphatic heterocycles. The van der Waals surface area contributed by atoms with E-state index < -0.39 is 0 Å². The van der Waals surface area contributed by atoms with Crippen molar-refractivity contribution in [2.45, 2.75) is 13.5 Å². The van der Waals surface area contributed by atoms with Crippen molar-refractivity contribution in [3.8, 4) is 0 Å². The van der Waals surface area contributed by atoms with Crippen molar-refractivity contribution in [1.82, 2.24) is 10.3 Å². The number of hydrogen-bond donors (Lipinski definition) is 2. The summed E-state index contributed by atoms with van der Waals surface area (Å²) in [7, 11) is 0. The molecule has 0 fully saturated rings. The number of fused-ring (bicyclic) bond motifs is 1. The zero-order valence-corrected chi connectivity index (χ0v) is 16.6. The highest BCUT2D eigenvalue weighted by Crippen LogP contribution is 2.20. The van der Waals surface area contributed by atoms with E-state index in [0.717, 1.165) is 16.5 Å². The number of pyridine rings is 1. The molecular formula is C25H21N3O2. The molecular weight excluding hydrogens is 374 g/mol. The number of amides is 2. The van der Waals surface area contributed by atoms with Gasteiger partial charge in [0.2, 0.25) is 0 Å². The van der Waals surface area contributed by atoms with Crippen molar-refractivity contribution in [2.24, 2.45) is 0 Å². The van der Waals surface area contributed by atoms with Crippen molar-refractivity contribution >= 4 is 28.4 Å². The third-order valence-electron chi connectivity index (χ3n) is 4.88. The zero-order valence-electron chi connectivity index (χ0n) is 16.6. The Kier molecular flexibility index (Phi) is 5.52. The summed E-state index contributed by atoms with van der Waals surface area (Å²) in [5.74, 6) is -0.529. The van der Waals surface area contributed by atoms with Gasteiger partial charge < -0.3 is 10.6 Å². The lowest BCUT2D eigenvalue weighted by molar-refractivity contribution is 0.0952. The Morgan fingerprint density at radius 3 is 2.40 bits per heavy atom. The van der Waals surface area contributed by atoms with E-state index in [1.807, 2.05) is 43.3 Å². The van der Waals surface area contributed by atoms with Crippen LogP contribution < -0.4 is 10.6 Å². The number of aromatic nitrogens is 1. The van der Waals surface area contributed by atoms with Gasteiger partial charge in [0.1, 0.15) is 0 Å². The number of nitrogens with one attached hydrogen (secondary N) is 2. The van der Waals surface area contributed by atoms with Gasteiger partial charge in [-0.3, -0.25) is 14.6 Å². The molecule has 5 heteroatoms. The normalized spacial score (nSPS) is 10.6. The van der Waals surface area contributed by atoms with E-state index >= 15 is 0 Å². The van der Waals surface area contributed by atoms with Gasteiger partial charge in [-0.15, -0.1) is 0 Å². The van der Waals surface area contributed by atoms with Crippen molar-refractivity contribution in [3.63, 3.8) is 0 Å². The summed E-state index contributed by atoms with van der Waals surface area (Å²) in [5, 5.41) is 6.56. The highest BCUT2D eigenvalue weighted by atomic mass is 16.2. The molecule has 1 aromatic heterocycles. The van der Waals surface area contributed by atoms with Gasteiger partial charge in [-0.1, -0.05) is 54.1 Å². The number of nitrogens with zero attached hydrogens (tertiary/aromatic N) is 1. The first-order chi connectivity index (χ1) is 14.6. The van der Waals surface area contributed by atoms with Crippen molar-refractivity contribution in [1.29, 1.82) is 0 Å². The smallest absolute Gasteiger partial charge is 0.256 e. The Morgan fingerprint density at radius 1 is 0.800 bits per heavy atom. The fraction of sp³-hybridized carbons (Fsp3) is 0.0800. The molecule has 4 rings (SSSR count). The van der Waals surface area contributed by atoms with Crippen LogP contribution in [0.4, 0.5) is 5.69 Å². The summed E-state index contributed by atoms with van der Waals surface area (Å²) >= 11 is 0. The number of anilines is 1. The van der Waals surface area contributed by atoms with Gasteiger partial charge in [-0.2, -0.15) is 0 Å². The summed E-state index contributed by atoms with van der Waals surface area (Å²) in [6.07, 6.45) is 1.69. The second-order valence-corrected chi connectivity index (χ2v) is 7.04. The fourth-order valence-corrected chi connectivity index (χ4v) is 3.26. The van der Waals surface area contributed by atoms with Crippen LogP contribution in [0, 0.1) is 6.92 Å². The molecule has 0 spiro atoms. The largest absolute Gasteiger partial charge is 0.348 e. The average molecular weight is 395 g/mol. The van der Waals surface area contributed by atoms with E-state index in [4.69, 9.17) is 0 Å². The van der Waals surface area contributed by atoms with E-state index in [2.05, 4.69) is 15.6 Å². The first-order valence-electron chi connectivity index (χ1n) is 9.70. The van der Waals surface area contributed by atoms with E-state index in [-0.39, 0.29) is 11.8 Å². The topological polar surface area (TPSA) is 71.1 Å². The average Bonchev–Trinajstić information content (AvgIpc) is 2.78. The van der Waals surface area contributed by atoms with E-state index in [9.17, 15) is 9.59 Å². The highest BCUT2D eigenvalue weighted by Gasteiger charge is 2.15. The van der Waals surface area contributed by atoms with Crippen LogP contribution in [0.5, 0.6) is 0 Å². The summed E-state index contributed by atoms with van der Waals surface area (Å²) < 4.78 is 0. The lowest BCUT2D eigenvalue weighted by Crippen LogP contribution is -2.25. The number of carbonyl (C=O) groups excluding carboxylic acids is 2. The third-order valence-corrected chi connectivity index (χ3v) is 4.88. The molecule has 2 N–H and O–H groups in total. The minimum absolute atomic E-state index is 0.244. The van der Waals surface area contributed by atoms with Gasteiger partial charge in [-0.25, -0.2) is 0 Å². The molecule has 5 nitrogen and oxygen atoms in total. The molecule has 0 radical (unpaired) electrons. The van der Waals surface area contributed by atoms with Crippen LogP contribution in [0.3, 0.4) is 0 Å². The molecule has 1 heterocycles. The summed E-state index contributed by atoms with van der Waals surface area (Å²) in [6.45, 7) is 2.43. The van der Waals surface area contributed by atoms with Gasteiger partial charge in [0, 0.05) is 23.7 Å². The molecule has 0 atom stereocenters. The lowest BCUT2D eigenvalue weighted by Gasteiger charge is -2.12. The monoisotopic (exact) mass is 395 g/mol. The standard InChI is InChI=1S/C25H21N3O2/c1-17-11-13-18(14-12-17)16-27-24(29)21-6-2-3-9-23(21)28-25(30)20-7-4-10-22-19(20)8-5-15-26-22/h2-15H,16H2,1H3,(H,27,29)(H,28,30). The molecule has 2 amide bonds. The van der Waals surface area contributed by atoms with E-state index in [0.29, 0.717) is 23.4 Å². The van der Waals surface area contributed by atoms with Gasteiger partial charge in [0.25, 0.3) is 11.8 Å². The number of rotatable bonds is 5. The van der Waals surface area contributed by atoms with Crippen LogP contribution in [0.25, 0.3) is 10.9 Å². The van der Waals surface area contributed by atoms with Crippen LogP contribution in [-0.2, 0) is 6.54 Å². The maximum absolute atomic E-state index is 12.9. The highest BCUT2D eigenvalue weighted by molar-refractivity contribution is 6.14. The van der Waals surface area contributed by atoms with E-state index in [1.54, 1.807) is 48.7 Å². The number of para-hydroxylation sites is 1. The summed E-state index contributed by atoms with van der Waals surface area (Å²) in [5.41, 5.74) is 4.31. The predicted molar refractivity (Wildman–Crippen MR) is 118 cm³/mol. The number of aryl methyl sites for hydroxylation is 1. The van der Waals surface area contributed by atoms with Gasteiger partial charge in [0.05, 0.1) is 16.8 Å². The molecule has 3 aromatic carbocycles. The molecule has 148 valence electrons. The quantitative estimate of drug-likeness (QED) is 0.513. The van der Waals surface area contributed by atoms with Crippen LogP contribution in [0.1, 0.15) is 31.8 Å². The Labute approximate surface area is 174 Å². The van der Waals surface area contributed by atoms with Crippen molar-refractivity contribution < 1.29 is 9.59 Å². The molecule has 0 aliphatic carbocycles. The van der Waals surface area contributed by atoms with Crippen molar-refractivity contribution in [2.75, 3.05) is 5.32 Å². The Morgan fingerprint density at radius 2 is 1.57 bits per heavy atom. The second-order valence-electron chi connectivity index (χ2n) is 7.04. The molecule has 30 heavy (non-hydrogen) atoms. The zero-order chi connectivity index (χ0) is 20.9. The van der Waals surface area contributed by atoms with Crippen LogP contribution in [0.15, 0.2) is 85.1 Å². The Bertz CT molecular complexity index is 1210. The molecule has 0 aliphatic rings. The molecule has 0 unspecified atom stereocenters. The first-order valence-corrected chi connectivity index (χ1v) is 9.70. The summed E-state index contributed by atoms with van der Waals surface area (Å²) in [6, 6.07) is 24.0. The third kappa shape index (κ3) is 4.20. The minimum atomic E-state index is -0.285. The number of carbonyl (C=O) groups is 2. The van der Waals surface area contributed by atoms with Crippen LogP contribution in [0.2, 0.25) is 0 Å². The van der Waals surface area contributed by atoms with E-state index in [1.165, 1.54) is 5.56 Å². The Hall–Kier alpha value is -3.99. The van der Waals surface area contributed by atoms with Crippen LogP contribution >= 0.6 is 0 Å². The van der Waals surface area contributed by atoms with Gasteiger partial charge in [-0.05, 0) is 42.8 Å². The SMILES string of the molecule is Cc1ccc(CNC(=O)c2ccccc2NC(=O)c2cccc3ncccc23)cc1. The number of benzene rings is 3. The fourth-order valence-electron chi connectivity index (χ4n) is 3.26. The minimum Gasteiger partial charge on any atom is -0.348 e. The van der Waals surface area contributed by atoms with Crippen LogP contribution in [-0.4, -0.2) is 16.8 Å². The van der Waals surface area contributed by atoms with Crippen molar-refractivity contribution in [3.05, 3.63) is 107 Å². The maximum Gasteiger partial charge on any atom is 0.256 e. The molecule has 4 aromatic rings. The predicted octanol–water partition coefficient (Wildman–Crippen LogP) is 4.73. The number of hydrogen-bond acceptors (Lipinski definition) is 3. The Balaban J connectivity index is 1.53.